The smallest absolute Gasteiger partial charge is 0.343 e. The lowest BCUT2D eigenvalue weighted by Crippen LogP contribution is -2.12. The highest BCUT2D eigenvalue weighted by Gasteiger charge is 2.11. The lowest BCUT2D eigenvalue weighted by atomic mass is 10.1. The van der Waals surface area contributed by atoms with Crippen LogP contribution in [0.3, 0.4) is 0 Å². The Hall–Kier alpha value is -3.06. The number of rotatable bonds is 6. The van der Waals surface area contributed by atoms with Crippen molar-refractivity contribution in [1.82, 2.24) is 0 Å². The molecule has 2 aromatic rings. The Labute approximate surface area is 154 Å². The Morgan fingerprint density at radius 1 is 0.962 bits per heavy atom. The van der Waals surface area contributed by atoms with Gasteiger partial charge in [0.15, 0.2) is 0 Å². The van der Waals surface area contributed by atoms with Crippen molar-refractivity contribution in [3.8, 4) is 17.6 Å². The molecule has 0 N–H and O–H groups in total. The summed E-state index contributed by atoms with van der Waals surface area (Å²) in [4.78, 5) is 24.1. The van der Waals surface area contributed by atoms with Crippen LogP contribution in [0.4, 0.5) is 0 Å². The first kappa shape index (κ1) is 19.3. The predicted octanol–water partition coefficient (Wildman–Crippen LogP) is 4.48. The zero-order chi connectivity index (χ0) is 18.9. The van der Waals surface area contributed by atoms with Crippen LogP contribution >= 0.6 is 0 Å². The number of hydrogen-bond donors (Lipinski definition) is 0. The van der Waals surface area contributed by atoms with Gasteiger partial charge in [-0.15, -0.1) is 5.92 Å². The van der Waals surface area contributed by atoms with Gasteiger partial charge < -0.3 is 9.47 Å². The molecule has 26 heavy (non-hydrogen) atoms. The molecule has 1 unspecified atom stereocenters. The van der Waals surface area contributed by atoms with Gasteiger partial charge in [-0.2, -0.15) is 0 Å². The third-order valence-corrected chi connectivity index (χ3v) is 3.89. The lowest BCUT2D eigenvalue weighted by Gasteiger charge is -2.10. The summed E-state index contributed by atoms with van der Waals surface area (Å²) < 4.78 is 10.6. The van der Waals surface area contributed by atoms with E-state index in [2.05, 4.69) is 11.8 Å². The fourth-order valence-corrected chi connectivity index (χ4v) is 2.08. The summed E-state index contributed by atoms with van der Waals surface area (Å²) in [5.41, 5.74) is 1.70. The van der Waals surface area contributed by atoms with Crippen molar-refractivity contribution in [2.45, 2.75) is 27.2 Å². The molecule has 4 heteroatoms. The number of ether oxygens (including phenoxy) is 2. The Bertz CT molecular complexity index is 808. The highest BCUT2D eigenvalue weighted by atomic mass is 16.5. The summed E-state index contributed by atoms with van der Waals surface area (Å²) in [6.07, 6.45) is 0.953. The molecule has 0 saturated heterocycles. The molecule has 0 bridgehead atoms. The molecular formula is C22H22O4. The molecule has 4 nitrogen and oxygen atoms in total. The number of carbonyl (C=O) groups excluding carboxylic acids is 2. The second kappa shape index (κ2) is 9.43. The summed E-state index contributed by atoms with van der Waals surface area (Å²) in [5, 5.41) is 0. The topological polar surface area (TPSA) is 52.6 Å². The largest absolute Gasteiger partial charge is 0.462 e. The van der Waals surface area contributed by atoms with Gasteiger partial charge >= 0.3 is 11.9 Å². The first-order valence-corrected chi connectivity index (χ1v) is 8.55. The van der Waals surface area contributed by atoms with E-state index in [1.54, 1.807) is 55.5 Å². The van der Waals surface area contributed by atoms with Gasteiger partial charge in [0.1, 0.15) is 5.75 Å². The molecule has 0 radical (unpaired) electrons. The Kier molecular flexibility index (Phi) is 6.99. The van der Waals surface area contributed by atoms with Gasteiger partial charge in [-0.25, -0.2) is 9.59 Å². The summed E-state index contributed by atoms with van der Waals surface area (Å²) >= 11 is 0. The highest BCUT2D eigenvalue weighted by molar-refractivity contribution is 5.92. The molecule has 2 aromatic carbocycles. The average molecular weight is 350 g/mol. The second-order valence-corrected chi connectivity index (χ2v) is 5.98. The Morgan fingerprint density at radius 3 is 2.12 bits per heavy atom. The molecule has 0 aliphatic heterocycles. The van der Waals surface area contributed by atoms with E-state index in [1.165, 1.54) is 0 Å². The van der Waals surface area contributed by atoms with E-state index in [1.807, 2.05) is 13.8 Å². The van der Waals surface area contributed by atoms with Gasteiger partial charge in [0.2, 0.25) is 0 Å². The fourth-order valence-electron chi connectivity index (χ4n) is 2.08. The van der Waals surface area contributed by atoms with Crippen molar-refractivity contribution in [3.05, 3.63) is 65.2 Å². The minimum absolute atomic E-state index is 0.328. The number of benzene rings is 2. The summed E-state index contributed by atoms with van der Waals surface area (Å²) in [6, 6.07) is 13.2. The zero-order valence-electron chi connectivity index (χ0n) is 15.2. The van der Waals surface area contributed by atoms with Crippen LogP contribution in [-0.4, -0.2) is 18.5 Å². The van der Waals surface area contributed by atoms with E-state index < -0.39 is 5.97 Å². The van der Waals surface area contributed by atoms with Crippen LogP contribution < -0.4 is 4.74 Å². The SMILES string of the molecule is CC#Cc1ccc(C(=O)Oc2ccc(C(=O)OCC(C)CC)cc2)cc1. The molecule has 0 fully saturated rings. The normalized spacial score (nSPS) is 11.0. The Balaban J connectivity index is 1.96. The maximum atomic E-state index is 12.2. The van der Waals surface area contributed by atoms with Crippen LogP contribution in [0.15, 0.2) is 48.5 Å². The minimum Gasteiger partial charge on any atom is -0.462 e. The van der Waals surface area contributed by atoms with Gasteiger partial charge in [-0.05, 0) is 61.4 Å². The molecule has 2 rings (SSSR count). The molecular weight excluding hydrogens is 328 g/mol. The average Bonchev–Trinajstić information content (AvgIpc) is 2.67. The van der Waals surface area contributed by atoms with Crippen LogP contribution in [-0.2, 0) is 4.74 Å². The van der Waals surface area contributed by atoms with Gasteiger partial charge in [0.25, 0.3) is 0 Å². The van der Waals surface area contributed by atoms with E-state index in [0.717, 1.165) is 12.0 Å². The summed E-state index contributed by atoms with van der Waals surface area (Å²) in [7, 11) is 0. The monoisotopic (exact) mass is 350 g/mol. The standard InChI is InChI=1S/C22H22O4/c1-4-6-17-7-9-19(10-8-17)22(24)26-20-13-11-18(12-14-20)21(23)25-15-16(3)5-2/h7-14,16H,5,15H2,1-3H3. The molecule has 0 amide bonds. The van der Waals surface area contributed by atoms with Crippen LogP contribution in [0.2, 0.25) is 0 Å². The molecule has 0 aliphatic rings. The summed E-state index contributed by atoms with van der Waals surface area (Å²) in [5.74, 6) is 5.57. The van der Waals surface area contributed by atoms with Crippen LogP contribution in [0, 0.1) is 17.8 Å². The molecule has 134 valence electrons. The highest BCUT2D eigenvalue weighted by Crippen LogP contribution is 2.16. The van der Waals surface area contributed by atoms with E-state index >= 15 is 0 Å². The molecule has 0 aromatic heterocycles. The maximum absolute atomic E-state index is 12.2. The van der Waals surface area contributed by atoms with Crippen LogP contribution in [0.5, 0.6) is 5.75 Å². The second-order valence-electron chi connectivity index (χ2n) is 5.98. The van der Waals surface area contributed by atoms with Crippen molar-refractivity contribution < 1.29 is 19.1 Å². The van der Waals surface area contributed by atoms with Crippen molar-refractivity contribution >= 4 is 11.9 Å². The minimum atomic E-state index is -0.465. The first-order valence-electron chi connectivity index (χ1n) is 8.55. The van der Waals surface area contributed by atoms with Crippen molar-refractivity contribution in [3.63, 3.8) is 0 Å². The molecule has 0 spiro atoms. The predicted molar refractivity (Wildman–Crippen MR) is 100 cm³/mol. The maximum Gasteiger partial charge on any atom is 0.343 e. The van der Waals surface area contributed by atoms with Crippen molar-refractivity contribution in [2.24, 2.45) is 5.92 Å². The first-order chi connectivity index (χ1) is 12.5. The number of esters is 2. The van der Waals surface area contributed by atoms with Gasteiger partial charge in [0.05, 0.1) is 17.7 Å². The fraction of sp³-hybridized carbons (Fsp3) is 0.273. The van der Waals surface area contributed by atoms with Gasteiger partial charge in [-0.1, -0.05) is 26.2 Å². The van der Waals surface area contributed by atoms with Crippen LogP contribution in [0.1, 0.15) is 53.5 Å². The third-order valence-electron chi connectivity index (χ3n) is 3.89. The molecule has 1 atom stereocenters. The lowest BCUT2D eigenvalue weighted by molar-refractivity contribution is 0.0447. The van der Waals surface area contributed by atoms with Gasteiger partial charge in [-0.3, -0.25) is 0 Å². The molecule has 0 saturated carbocycles. The molecule has 0 heterocycles. The van der Waals surface area contributed by atoms with Gasteiger partial charge in [0, 0.05) is 5.56 Å². The number of carbonyl (C=O) groups is 2. The van der Waals surface area contributed by atoms with Crippen molar-refractivity contribution in [1.29, 1.82) is 0 Å². The van der Waals surface area contributed by atoms with E-state index in [-0.39, 0.29) is 5.97 Å². The number of hydrogen-bond acceptors (Lipinski definition) is 4. The van der Waals surface area contributed by atoms with Crippen LogP contribution in [0.25, 0.3) is 0 Å². The Morgan fingerprint density at radius 2 is 1.54 bits per heavy atom. The third kappa shape index (κ3) is 5.49. The van der Waals surface area contributed by atoms with E-state index in [0.29, 0.717) is 29.4 Å². The van der Waals surface area contributed by atoms with Crippen molar-refractivity contribution in [2.75, 3.05) is 6.61 Å². The summed E-state index contributed by atoms with van der Waals surface area (Å²) in [6.45, 7) is 6.22. The van der Waals surface area contributed by atoms with E-state index in [9.17, 15) is 9.59 Å². The quantitative estimate of drug-likeness (QED) is 0.438. The molecule has 0 aliphatic carbocycles. The zero-order valence-corrected chi connectivity index (χ0v) is 15.2. The van der Waals surface area contributed by atoms with E-state index in [4.69, 9.17) is 9.47 Å².